The predicted molar refractivity (Wildman–Crippen MR) is 86.5 cm³/mol. The van der Waals surface area contributed by atoms with Crippen molar-refractivity contribution in [2.75, 3.05) is 18.1 Å². The molecule has 2 unspecified atom stereocenters. The number of aromatic nitrogens is 2. The van der Waals surface area contributed by atoms with Gasteiger partial charge in [-0.25, -0.2) is 4.79 Å². The summed E-state index contributed by atoms with van der Waals surface area (Å²) in [6.45, 7) is 7.20. The maximum atomic E-state index is 11.9. The Kier molecular flexibility index (Phi) is 6.42. The van der Waals surface area contributed by atoms with Gasteiger partial charge in [-0.15, -0.1) is 4.37 Å². The van der Waals surface area contributed by atoms with E-state index < -0.39 is 6.10 Å². The second-order valence-corrected chi connectivity index (χ2v) is 5.94. The molecule has 0 saturated carbocycles. The fourth-order valence-corrected chi connectivity index (χ4v) is 3.30. The molecule has 1 fully saturated rings. The maximum Gasteiger partial charge on any atom is 0.347 e. The summed E-state index contributed by atoms with van der Waals surface area (Å²) >= 11 is 1.13. The van der Waals surface area contributed by atoms with Crippen LogP contribution < -0.4 is 9.64 Å². The summed E-state index contributed by atoms with van der Waals surface area (Å²) in [7, 11) is 0. The first-order valence-corrected chi connectivity index (χ1v) is 8.86. The molecular formula is C15H25N3O3S. The van der Waals surface area contributed by atoms with Crippen LogP contribution in [0.3, 0.4) is 0 Å². The van der Waals surface area contributed by atoms with Crippen LogP contribution in [0.15, 0.2) is 0 Å². The minimum absolute atomic E-state index is 0.338. The van der Waals surface area contributed by atoms with Crippen LogP contribution in [-0.2, 0) is 9.53 Å². The molecule has 6 nitrogen and oxygen atoms in total. The van der Waals surface area contributed by atoms with E-state index in [4.69, 9.17) is 9.47 Å². The highest BCUT2D eigenvalue weighted by molar-refractivity contribution is 6.99. The summed E-state index contributed by atoms with van der Waals surface area (Å²) in [4.78, 5) is 14.2. The summed E-state index contributed by atoms with van der Waals surface area (Å²) in [5, 5.41) is 0. The molecule has 1 saturated heterocycles. The van der Waals surface area contributed by atoms with E-state index >= 15 is 0 Å². The Morgan fingerprint density at radius 2 is 2.18 bits per heavy atom. The summed E-state index contributed by atoms with van der Waals surface area (Å²) in [5.74, 6) is 0.902. The molecule has 2 heterocycles. The highest BCUT2D eigenvalue weighted by Gasteiger charge is 2.29. The number of hydrogen-bond acceptors (Lipinski definition) is 7. The molecule has 0 radical (unpaired) electrons. The Labute approximate surface area is 136 Å². The van der Waals surface area contributed by atoms with Crippen LogP contribution in [0.5, 0.6) is 5.88 Å². The number of piperidine rings is 1. The third kappa shape index (κ3) is 3.88. The molecule has 1 aromatic rings. The summed E-state index contributed by atoms with van der Waals surface area (Å²) < 4.78 is 19.5. The van der Waals surface area contributed by atoms with Gasteiger partial charge in [0.1, 0.15) is 0 Å². The first-order valence-electron chi connectivity index (χ1n) is 8.13. The topological polar surface area (TPSA) is 64.5 Å². The van der Waals surface area contributed by atoms with Gasteiger partial charge in [0.15, 0.2) is 6.10 Å². The average Bonchev–Trinajstić information content (AvgIpc) is 3.00. The Morgan fingerprint density at radius 1 is 1.36 bits per heavy atom. The van der Waals surface area contributed by atoms with E-state index in [1.807, 2.05) is 6.92 Å². The van der Waals surface area contributed by atoms with Crippen LogP contribution in [0, 0.1) is 0 Å². The van der Waals surface area contributed by atoms with Gasteiger partial charge in [0.2, 0.25) is 5.82 Å². The average molecular weight is 327 g/mol. The number of nitrogens with zero attached hydrogens (tertiary/aromatic N) is 3. The molecular weight excluding hydrogens is 302 g/mol. The van der Waals surface area contributed by atoms with Crippen molar-refractivity contribution in [3.8, 4) is 5.88 Å². The number of anilines is 1. The van der Waals surface area contributed by atoms with Crippen LogP contribution in [-0.4, -0.2) is 40.0 Å². The molecule has 0 aromatic carbocycles. The van der Waals surface area contributed by atoms with Crippen LogP contribution >= 0.6 is 11.7 Å². The minimum Gasteiger partial charge on any atom is -0.463 e. The lowest BCUT2D eigenvalue weighted by Crippen LogP contribution is -2.40. The quantitative estimate of drug-likeness (QED) is 0.717. The second-order valence-electron chi connectivity index (χ2n) is 5.41. The van der Waals surface area contributed by atoms with Gasteiger partial charge in [-0.1, -0.05) is 13.8 Å². The number of hydrogen-bond donors (Lipinski definition) is 0. The zero-order valence-electron chi connectivity index (χ0n) is 13.6. The number of esters is 1. The van der Waals surface area contributed by atoms with Gasteiger partial charge in [0, 0.05) is 12.6 Å². The van der Waals surface area contributed by atoms with Crippen LogP contribution in [0.4, 0.5) is 5.82 Å². The van der Waals surface area contributed by atoms with Gasteiger partial charge in [-0.3, -0.25) is 0 Å². The Hall–Kier alpha value is -1.37. The van der Waals surface area contributed by atoms with Gasteiger partial charge in [0.25, 0.3) is 5.88 Å². The number of rotatable bonds is 7. The first kappa shape index (κ1) is 17.0. The molecule has 1 aliphatic rings. The summed E-state index contributed by atoms with van der Waals surface area (Å²) in [6.07, 6.45) is 4.58. The lowest BCUT2D eigenvalue weighted by molar-refractivity contribution is -0.151. The van der Waals surface area contributed by atoms with Crippen molar-refractivity contribution in [2.24, 2.45) is 0 Å². The molecule has 0 aliphatic carbocycles. The van der Waals surface area contributed by atoms with Crippen molar-refractivity contribution >= 4 is 23.5 Å². The van der Waals surface area contributed by atoms with Gasteiger partial charge < -0.3 is 14.4 Å². The largest absolute Gasteiger partial charge is 0.463 e. The first-order chi connectivity index (χ1) is 10.7. The fourth-order valence-electron chi connectivity index (χ4n) is 2.80. The van der Waals surface area contributed by atoms with Crippen molar-refractivity contribution in [2.45, 2.75) is 65.0 Å². The zero-order valence-corrected chi connectivity index (χ0v) is 14.4. The van der Waals surface area contributed by atoms with Gasteiger partial charge in [-0.05, 0) is 39.0 Å². The van der Waals surface area contributed by atoms with E-state index in [0.717, 1.165) is 36.9 Å². The molecule has 2 rings (SSSR count). The van der Waals surface area contributed by atoms with Gasteiger partial charge >= 0.3 is 5.97 Å². The molecule has 22 heavy (non-hydrogen) atoms. The standard InChI is InChI=1S/C15H25N3O3S/c1-4-11-9-7-8-10-18(11)13-14(17-22-16-13)21-12(5-2)15(19)20-6-3/h11-12H,4-10H2,1-3H3. The Bertz CT molecular complexity index is 480. The number of carbonyl (C=O) groups excluding carboxylic acids is 1. The monoisotopic (exact) mass is 327 g/mol. The van der Waals surface area contributed by atoms with Crippen LogP contribution in [0.2, 0.25) is 0 Å². The van der Waals surface area contributed by atoms with E-state index in [1.54, 1.807) is 6.92 Å². The highest BCUT2D eigenvalue weighted by atomic mass is 32.1. The van der Waals surface area contributed by atoms with Crippen LogP contribution in [0.1, 0.15) is 52.9 Å². The molecule has 0 bridgehead atoms. The SMILES string of the molecule is CCOC(=O)C(CC)Oc1nsnc1N1CCCCC1CC. The predicted octanol–water partition coefficient (Wildman–Crippen LogP) is 3.03. The highest BCUT2D eigenvalue weighted by Crippen LogP contribution is 2.33. The van der Waals surface area contributed by atoms with E-state index in [2.05, 4.69) is 20.6 Å². The molecule has 0 spiro atoms. The Morgan fingerprint density at radius 3 is 2.86 bits per heavy atom. The molecule has 124 valence electrons. The van der Waals surface area contributed by atoms with Crippen molar-refractivity contribution < 1.29 is 14.3 Å². The fraction of sp³-hybridized carbons (Fsp3) is 0.800. The second kappa shape index (κ2) is 8.31. The van der Waals surface area contributed by atoms with Gasteiger partial charge in [-0.2, -0.15) is 4.37 Å². The van der Waals surface area contributed by atoms with Crippen molar-refractivity contribution in [3.63, 3.8) is 0 Å². The van der Waals surface area contributed by atoms with E-state index in [-0.39, 0.29) is 5.97 Å². The zero-order chi connectivity index (χ0) is 15.9. The van der Waals surface area contributed by atoms with Crippen molar-refractivity contribution in [1.82, 2.24) is 8.75 Å². The van der Waals surface area contributed by atoms with Crippen LogP contribution in [0.25, 0.3) is 0 Å². The summed E-state index contributed by atoms with van der Waals surface area (Å²) in [6, 6.07) is 0.475. The smallest absolute Gasteiger partial charge is 0.347 e. The molecule has 7 heteroatoms. The Balaban J connectivity index is 2.12. The molecule has 2 atom stereocenters. The van der Waals surface area contributed by atoms with E-state index in [9.17, 15) is 4.79 Å². The van der Waals surface area contributed by atoms with Crippen molar-refractivity contribution in [3.05, 3.63) is 0 Å². The third-order valence-corrected chi connectivity index (χ3v) is 4.49. The normalized spacial score (nSPS) is 19.8. The van der Waals surface area contributed by atoms with Crippen molar-refractivity contribution in [1.29, 1.82) is 0 Å². The van der Waals surface area contributed by atoms with E-state index in [1.165, 1.54) is 12.8 Å². The lowest BCUT2D eigenvalue weighted by Gasteiger charge is -2.35. The molecule has 0 amide bonds. The maximum absolute atomic E-state index is 11.9. The molecule has 1 aromatic heterocycles. The summed E-state index contributed by atoms with van der Waals surface area (Å²) in [5.41, 5.74) is 0. The number of ether oxygens (including phenoxy) is 2. The molecule has 1 aliphatic heterocycles. The lowest BCUT2D eigenvalue weighted by atomic mass is 10.0. The minimum atomic E-state index is -0.618. The molecule has 0 N–H and O–H groups in total. The van der Waals surface area contributed by atoms with Gasteiger partial charge in [0.05, 0.1) is 18.3 Å². The number of carbonyl (C=O) groups is 1. The third-order valence-electron chi connectivity index (χ3n) is 3.99. The van der Waals surface area contributed by atoms with E-state index in [0.29, 0.717) is 24.9 Å².